The lowest BCUT2D eigenvalue weighted by molar-refractivity contribution is -0.179. The van der Waals surface area contributed by atoms with Crippen LogP contribution in [0.1, 0.15) is 12.8 Å². The van der Waals surface area contributed by atoms with Gasteiger partial charge in [0.15, 0.2) is 11.6 Å². The molecule has 4 rings (SSSR count). The highest BCUT2D eigenvalue weighted by Gasteiger charge is 2.41. The van der Waals surface area contributed by atoms with Crippen LogP contribution in [0.25, 0.3) is 11.1 Å². The number of benzene rings is 1. The van der Waals surface area contributed by atoms with E-state index in [4.69, 9.17) is 0 Å². The normalized spacial score (nSPS) is 14.9. The molecule has 0 saturated carbocycles. The first-order valence-electron chi connectivity index (χ1n) is 10.5. The number of anilines is 3. The summed E-state index contributed by atoms with van der Waals surface area (Å²) < 4.78 is 82.1. The fraction of sp³-hybridized carbons (Fsp3) is 0.318. The van der Waals surface area contributed by atoms with Crippen molar-refractivity contribution in [3.8, 4) is 16.9 Å². The van der Waals surface area contributed by atoms with Crippen molar-refractivity contribution in [1.82, 2.24) is 15.0 Å². The van der Waals surface area contributed by atoms with Crippen LogP contribution in [0.15, 0.2) is 47.5 Å². The van der Waals surface area contributed by atoms with E-state index in [1.807, 2.05) is 0 Å². The van der Waals surface area contributed by atoms with Crippen LogP contribution < -0.4 is 20.5 Å². The molecule has 1 aliphatic heterocycles. The summed E-state index contributed by atoms with van der Waals surface area (Å²) in [6.07, 6.45) is -2.26. The molecule has 2 aromatic heterocycles. The Labute approximate surface area is 194 Å². The van der Waals surface area contributed by atoms with Gasteiger partial charge in [-0.25, -0.2) is 9.37 Å². The number of halogens is 6. The van der Waals surface area contributed by atoms with Crippen LogP contribution in [0, 0.1) is 11.7 Å². The van der Waals surface area contributed by atoms with Crippen molar-refractivity contribution in [2.24, 2.45) is 5.92 Å². The molecule has 1 saturated heterocycles. The second-order valence-electron chi connectivity index (χ2n) is 7.83. The maximum Gasteiger partial charge on any atom is 0.391 e. The van der Waals surface area contributed by atoms with E-state index in [1.54, 1.807) is 0 Å². The van der Waals surface area contributed by atoms with Gasteiger partial charge in [0.25, 0.3) is 5.56 Å². The summed E-state index contributed by atoms with van der Waals surface area (Å²) in [4.78, 5) is 24.3. The van der Waals surface area contributed by atoms with E-state index in [2.05, 4.69) is 25.0 Å². The minimum Gasteiger partial charge on any atom is -0.435 e. The lowest BCUT2D eigenvalue weighted by Crippen LogP contribution is -2.39. The smallest absolute Gasteiger partial charge is 0.391 e. The molecule has 0 unspecified atom stereocenters. The Morgan fingerprint density at radius 2 is 1.80 bits per heavy atom. The first-order valence-corrected chi connectivity index (χ1v) is 10.5. The molecule has 1 aromatic carbocycles. The van der Waals surface area contributed by atoms with E-state index in [0.717, 1.165) is 6.20 Å². The van der Waals surface area contributed by atoms with Crippen LogP contribution in [0.2, 0.25) is 0 Å². The van der Waals surface area contributed by atoms with Gasteiger partial charge in [0.1, 0.15) is 11.4 Å². The first kappa shape index (κ1) is 24.4. The number of H-pyrrole nitrogens is 1. The van der Waals surface area contributed by atoms with Crippen LogP contribution in [0.5, 0.6) is 5.75 Å². The maximum absolute atomic E-state index is 14.4. The summed E-state index contributed by atoms with van der Waals surface area (Å²) in [5, 5.41) is 2.60. The van der Waals surface area contributed by atoms with E-state index in [-0.39, 0.29) is 49.1 Å². The van der Waals surface area contributed by atoms with E-state index in [9.17, 15) is 31.1 Å². The molecule has 186 valence electrons. The molecule has 0 bridgehead atoms. The van der Waals surface area contributed by atoms with E-state index in [1.165, 1.54) is 41.4 Å². The zero-order chi connectivity index (χ0) is 25.2. The Bertz CT molecular complexity index is 1220. The number of piperidine rings is 1. The van der Waals surface area contributed by atoms with Crippen LogP contribution in [0.3, 0.4) is 0 Å². The zero-order valence-electron chi connectivity index (χ0n) is 18.0. The summed E-state index contributed by atoms with van der Waals surface area (Å²) in [7, 11) is 0. The molecule has 0 radical (unpaired) electrons. The number of rotatable bonds is 6. The molecule has 3 heterocycles. The van der Waals surface area contributed by atoms with Crippen molar-refractivity contribution < 1.29 is 31.1 Å². The summed E-state index contributed by atoms with van der Waals surface area (Å²) in [6.45, 7) is -2.86. The van der Waals surface area contributed by atoms with Crippen molar-refractivity contribution >= 4 is 17.5 Å². The second kappa shape index (κ2) is 9.84. The molecule has 35 heavy (non-hydrogen) atoms. The minimum absolute atomic E-state index is 0.0386. The van der Waals surface area contributed by atoms with Gasteiger partial charge in [0.05, 0.1) is 12.1 Å². The van der Waals surface area contributed by atoms with E-state index in [0.29, 0.717) is 11.1 Å². The quantitative estimate of drug-likeness (QED) is 0.460. The Hall–Kier alpha value is -3.77. The predicted molar refractivity (Wildman–Crippen MR) is 115 cm³/mol. The largest absolute Gasteiger partial charge is 0.435 e. The number of ether oxygens (including phenoxy) is 1. The van der Waals surface area contributed by atoms with E-state index < -0.39 is 30.1 Å². The van der Waals surface area contributed by atoms with E-state index >= 15 is 0 Å². The molecule has 3 aromatic rings. The van der Waals surface area contributed by atoms with Gasteiger partial charge in [0.2, 0.25) is 5.95 Å². The van der Waals surface area contributed by atoms with Crippen LogP contribution in [-0.4, -0.2) is 40.8 Å². The standard InChI is InChI=1S/C22H19F6N5O2/c23-16-11-30-21(33-7-5-14(6-8-33)22(26,27)28)32-18(16)31-17-9-13(10-29-19(17)34)12-1-3-15(4-2-12)35-20(24)25/h1-4,9-11,14,20H,5-8H2,(H,29,34)(H,30,31,32). The summed E-state index contributed by atoms with van der Waals surface area (Å²) in [6, 6.07) is 7.08. The third kappa shape index (κ3) is 5.84. The Kier molecular flexibility index (Phi) is 6.85. The predicted octanol–water partition coefficient (Wildman–Crippen LogP) is 5.09. The fourth-order valence-electron chi connectivity index (χ4n) is 3.70. The molecule has 0 spiro atoms. The number of nitrogens with zero attached hydrogens (tertiary/aromatic N) is 3. The topological polar surface area (TPSA) is 83.1 Å². The number of aromatic nitrogens is 3. The monoisotopic (exact) mass is 499 g/mol. The Morgan fingerprint density at radius 3 is 2.43 bits per heavy atom. The summed E-state index contributed by atoms with van der Waals surface area (Å²) >= 11 is 0. The molecule has 1 aliphatic rings. The molecular formula is C22H19F6N5O2. The molecule has 1 fully saturated rings. The Balaban J connectivity index is 1.53. The highest BCUT2D eigenvalue weighted by atomic mass is 19.4. The highest BCUT2D eigenvalue weighted by Crippen LogP contribution is 2.35. The summed E-state index contributed by atoms with van der Waals surface area (Å²) in [5.41, 5.74) is 0.397. The average Bonchev–Trinajstić information content (AvgIpc) is 2.81. The maximum atomic E-state index is 14.4. The Morgan fingerprint density at radius 1 is 1.11 bits per heavy atom. The molecule has 0 atom stereocenters. The van der Waals surface area contributed by atoms with Crippen LogP contribution in [0.4, 0.5) is 43.8 Å². The lowest BCUT2D eigenvalue weighted by Gasteiger charge is -2.32. The molecule has 13 heteroatoms. The number of hydrogen-bond donors (Lipinski definition) is 2. The molecular weight excluding hydrogens is 480 g/mol. The molecule has 0 amide bonds. The lowest BCUT2D eigenvalue weighted by atomic mass is 9.96. The van der Waals surface area contributed by atoms with Gasteiger partial charge in [-0.05, 0) is 36.6 Å². The fourth-order valence-corrected chi connectivity index (χ4v) is 3.70. The highest BCUT2D eigenvalue weighted by molar-refractivity contribution is 5.69. The van der Waals surface area contributed by atoms with Crippen molar-refractivity contribution in [1.29, 1.82) is 0 Å². The first-order chi connectivity index (χ1) is 16.6. The minimum atomic E-state index is -4.27. The van der Waals surface area contributed by atoms with Gasteiger partial charge in [-0.2, -0.15) is 26.9 Å². The van der Waals surface area contributed by atoms with Gasteiger partial charge in [-0.3, -0.25) is 4.79 Å². The second-order valence-corrected chi connectivity index (χ2v) is 7.83. The molecule has 7 nitrogen and oxygen atoms in total. The van der Waals surface area contributed by atoms with Crippen LogP contribution in [-0.2, 0) is 0 Å². The zero-order valence-corrected chi connectivity index (χ0v) is 18.0. The number of hydrogen-bond acceptors (Lipinski definition) is 6. The third-order valence-corrected chi connectivity index (χ3v) is 5.54. The molecule has 0 aliphatic carbocycles. The van der Waals surface area contributed by atoms with Crippen molar-refractivity contribution in [3.63, 3.8) is 0 Å². The number of pyridine rings is 1. The van der Waals surface area contributed by atoms with Crippen molar-refractivity contribution in [2.75, 3.05) is 23.3 Å². The number of aromatic amines is 1. The SMILES string of the molecule is O=c1[nH]cc(-c2ccc(OC(F)F)cc2)cc1Nc1nc(N2CCC(C(F)(F)F)CC2)ncc1F. The van der Waals surface area contributed by atoms with Gasteiger partial charge in [-0.15, -0.1) is 0 Å². The van der Waals surface area contributed by atoms with Gasteiger partial charge in [-0.1, -0.05) is 12.1 Å². The molecule has 2 N–H and O–H groups in total. The number of alkyl halides is 5. The third-order valence-electron chi connectivity index (χ3n) is 5.54. The number of nitrogens with one attached hydrogen (secondary N) is 2. The van der Waals surface area contributed by atoms with Crippen LogP contribution >= 0.6 is 0 Å². The van der Waals surface area contributed by atoms with Crippen molar-refractivity contribution in [3.05, 3.63) is 58.9 Å². The van der Waals surface area contributed by atoms with Crippen molar-refractivity contribution in [2.45, 2.75) is 25.6 Å². The van der Waals surface area contributed by atoms with Gasteiger partial charge in [0, 0.05) is 24.8 Å². The van der Waals surface area contributed by atoms with Gasteiger partial charge >= 0.3 is 12.8 Å². The average molecular weight is 499 g/mol. The summed E-state index contributed by atoms with van der Waals surface area (Å²) in [5.74, 6) is -2.60. The van der Waals surface area contributed by atoms with Gasteiger partial charge < -0.3 is 19.9 Å².